The maximum Gasteiger partial charge on any atom is 0.340 e. The van der Waals surface area contributed by atoms with E-state index in [1.54, 1.807) is 31.2 Å². The van der Waals surface area contributed by atoms with Gasteiger partial charge in [0.25, 0.3) is 10.0 Å². The molecule has 112 valence electrons. The highest BCUT2D eigenvalue weighted by Crippen LogP contribution is 2.24. The fraction of sp³-hybridized carbons (Fsp3) is 0.167. The summed E-state index contributed by atoms with van der Waals surface area (Å²) < 4.78 is 26.8. The van der Waals surface area contributed by atoms with Gasteiger partial charge >= 0.3 is 5.97 Å². The Morgan fingerprint density at radius 2 is 2.10 bits per heavy atom. The quantitative estimate of drug-likeness (QED) is 0.774. The molecule has 0 saturated carbocycles. The van der Waals surface area contributed by atoms with Crippen molar-refractivity contribution < 1.29 is 18.3 Å². The molecule has 0 fully saturated rings. The third-order valence-corrected chi connectivity index (χ3v) is 4.66. The molecule has 2 aromatic rings. The van der Waals surface area contributed by atoms with Crippen LogP contribution in [-0.2, 0) is 10.0 Å². The van der Waals surface area contributed by atoms with Gasteiger partial charge in [0.1, 0.15) is 5.56 Å². The number of nitrogens with one attached hydrogen (secondary N) is 2. The van der Waals surface area contributed by atoms with E-state index in [0.717, 1.165) is 6.20 Å². The first-order valence-electron chi connectivity index (χ1n) is 5.86. The lowest BCUT2D eigenvalue weighted by molar-refractivity contribution is 0.0692. The number of hydrogen-bond donors (Lipinski definition) is 3. The van der Waals surface area contributed by atoms with Crippen molar-refractivity contribution in [3.05, 3.63) is 46.6 Å². The number of nitrogens with zero attached hydrogens (tertiary/aromatic N) is 1. The van der Waals surface area contributed by atoms with Crippen LogP contribution < -0.4 is 4.72 Å². The van der Waals surface area contributed by atoms with Crippen molar-refractivity contribution in [1.82, 2.24) is 14.9 Å². The van der Waals surface area contributed by atoms with Crippen LogP contribution in [0.1, 0.15) is 28.9 Å². The van der Waals surface area contributed by atoms with E-state index in [4.69, 9.17) is 16.7 Å². The van der Waals surface area contributed by atoms with Crippen molar-refractivity contribution in [2.75, 3.05) is 0 Å². The Morgan fingerprint density at radius 1 is 1.43 bits per heavy atom. The lowest BCUT2D eigenvalue weighted by Gasteiger charge is -2.15. The Bertz CT molecular complexity index is 772. The summed E-state index contributed by atoms with van der Waals surface area (Å²) in [5.41, 5.74) is 0.160. The number of aromatic amines is 1. The van der Waals surface area contributed by atoms with Crippen LogP contribution in [0.4, 0.5) is 0 Å². The molecular formula is C12H12ClN3O4S. The zero-order valence-corrected chi connectivity index (χ0v) is 12.4. The van der Waals surface area contributed by atoms with Gasteiger partial charge in [-0.3, -0.25) is 5.10 Å². The number of H-pyrrole nitrogens is 1. The molecule has 9 heteroatoms. The van der Waals surface area contributed by atoms with E-state index in [-0.39, 0.29) is 0 Å². The van der Waals surface area contributed by atoms with Crippen molar-refractivity contribution in [3.8, 4) is 0 Å². The molecule has 0 aliphatic heterocycles. The Kier molecular flexibility index (Phi) is 4.31. The second-order valence-corrected chi connectivity index (χ2v) is 6.34. The van der Waals surface area contributed by atoms with Crippen LogP contribution in [0.25, 0.3) is 0 Å². The largest absolute Gasteiger partial charge is 0.478 e. The van der Waals surface area contributed by atoms with Gasteiger partial charge in [-0.05, 0) is 18.6 Å². The topological polar surface area (TPSA) is 112 Å². The number of benzene rings is 1. The molecule has 0 saturated heterocycles. The van der Waals surface area contributed by atoms with Gasteiger partial charge in [-0.25, -0.2) is 17.9 Å². The van der Waals surface area contributed by atoms with Gasteiger partial charge in [-0.1, -0.05) is 29.8 Å². The van der Waals surface area contributed by atoms with Gasteiger partial charge in [-0.2, -0.15) is 5.10 Å². The lowest BCUT2D eigenvalue weighted by atomic mass is 10.1. The minimum Gasteiger partial charge on any atom is -0.478 e. The third-order valence-electron chi connectivity index (χ3n) is 2.81. The van der Waals surface area contributed by atoms with Crippen molar-refractivity contribution in [3.63, 3.8) is 0 Å². The minimum atomic E-state index is -4.06. The first-order valence-corrected chi connectivity index (χ1v) is 7.72. The highest BCUT2D eigenvalue weighted by atomic mass is 35.5. The van der Waals surface area contributed by atoms with Crippen molar-refractivity contribution >= 4 is 27.6 Å². The van der Waals surface area contributed by atoms with Crippen LogP contribution in [0.3, 0.4) is 0 Å². The summed E-state index contributed by atoms with van der Waals surface area (Å²) in [4.78, 5) is 11.0. The molecule has 0 unspecified atom stereocenters. The molecule has 3 N–H and O–H groups in total. The number of carboxylic acid groups (broad SMARTS) is 1. The SMILES string of the molecule is C[C@H](NS(=O)(=O)c1[nH]ncc1C(=O)O)c1ccccc1Cl. The molecule has 1 aromatic heterocycles. The van der Waals surface area contributed by atoms with E-state index in [9.17, 15) is 13.2 Å². The molecule has 1 heterocycles. The summed E-state index contributed by atoms with van der Waals surface area (Å²) >= 11 is 6.01. The zero-order valence-electron chi connectivity index (χ0n) is 10.9. The second-order valence-electron chi connectivity index (χ2n) is 4.28. The van der Waals surface area contributed by atoms with Crippen molar-refractivity contribution in [2.45, 2.75) is 18.0 Å². The van der Waals surface area contributed by atoms with E-state index >= 15 is 0 Å². The highest BCUT2D eigenvalue weighted by molar-refractivity contribution is 7.89. The van der Waals surface area contributed by atoms with Crippen LogP contribution in [0.15, 0.2) is 35.5 Å². The van der Waals surface area contributed by atoms with Crippen LogP contribution in [0.5, 0.6) is 0 Å². The van der Waals surface area contributed by atoms with Crippen molar-refractivity contribution in [1.29, 1.82) is 0 Å². The molecule has 0 aliphatic rings. The average molecular weight is 330 g/mol. The average Bonchev–Trinajstić information content (AvgIpc) is 2.88. The van der Waals surface area contributed by atoms with Gasteiger partial charge in [0.05, 0.1) is 6.20 Å². The number of halogens is 1. The van der Waals surface area contributed by atoms with Gasteiger partial charge in [0.15, 0.2) is 5.03 Å². The number of hydrogen-bond acceptors (Lipinski definition) is 4. The van der Waals surface area contributed by atoms with Gasteiger partial charge in [0, 0.05) is 11.1 Å². The van der Waals surface area contributed by atoms with E-state index in [2.05, 4.69) is 14.9 Å². The minimum absolute atomic E-state index is 0.413. The van der Waals surface area contributed by atoms with Crippen LogP contribution in [-0.4, -0.2) is 29.7 Å². The third kappa shape index (κ3) is 3.23. The highest BCUT2D eigenvalue weighted by Gasteiger charge is 2.27. The van der Waals surface area contributed by atoms with E-state index in [0.29, 0.717) is 10.6 Å². The predicted octanol–water partition coefficient (Wildman–Crippen LogP) is 1.80. The van der Waals surface area contributed by atoms with E-state index in [1.807, 2.05) is 0 Å². The Balaban J connectivity index is 2.32. The standard InChI is InChI=1S/C12H12ClN3O4S/c1-7(8-4-2-3-5-10(8)13)16-21(19,20)11-9(12(17)18)6-14-15-11/h2-7,16H,1H3,(H,14,15)(H,17,18)/t7-/m0/s1. The predicted molar refractivity (Wildman–Crippen MR) is 75.7 cm³/mol. The van der Waals surface area contributed by atoms with E-state index in [1.165, 1.54) is 0 Å². The Hall–Kier alpha value is -1.90. The molecule has 0 bridgehead atoms. The number of aromatic carboxylic acids is 1. The first-order chi connectivity index (χ1) is 9.83. The molecule has 21 heavy (non-hydrogen) atoms. The molecule has 1 atom stereocenters. The number of carboxylic acids is 1. The van der Waals surface area contributed by atoms with Crippen molar-refractivity contribution in [2.24, 2.45) is 0 Å². The molecule has 1 aromatic carbocycles. The van der Waals surface area contributed by atoms with Gasteiger partial charge < -0.3 is 5.11 Å². The molecule has 2 rings (SSSR count). The first kappa shape index (κ1) is 15.5. The maximum absolute atomic E-state index is 12.2. The smallest absolute Gasteiger partial charge is 0.340 e. The maximum atomic E-state index is 12.2. The number of rotatable bonds is 5. The van der Waals surface area contributed by atoms with E-state index < -0.39 is 32.6 Å². The van der Waals surface area contributed by atoms with Crippen LogP contribution in [0.2, 0.25) is 5.02 Å². The summed E-state index contributed by atoms with van der Waals surface area (Å²) in [5.74, 6) is -1.38. The fourth-order valence-electron chi connectivity index (χ4n) is 1.81. The molecule has 0 radical (unpaired) electrons. The Labute approximate surface area is 126 Å². The summed E-state index contributed by atoms with van der Waals surface area (Å²) in [6.07, 6.45) is 0.942. The van der Waals surface area contributed by atoms with Gasteiger partial charge in [0.2, 0.25) is 0 Å². The summed E-state index contributed by atoms with van der Waals surface area (Å²) in [5, 5.41) is 14.5. The lowest BCUT2D eigenvalue weighted by Crippen LogP contribution is -2.28. The summed E-state index contributed by atoms with van der Waals surface area (Å²) in [6.45, 7) is 1.61. The Morgan fingerprint density at radius 3 is 2.71 bits per heavy atom. The van der Waals surface area contributed by atoms with Crippen LogP contribution in [0, 0.1) is 0 Å². The molecular weight excluding hydrogens is 318 g/mol. The number of sulfonamides is 1. The second kappa shape index (κ2) is 5.84. The molecule has 0 spiro atoms. The molecule has 0 amide bonds. The normalized spacial score (nSPS) is 13.0. The fourth-order valence-corrected chi connectivity index (χ4v) is 3.42. The monoisotopic (exact) mass is 329 g/mol. The summed E-state index contributed by atoms with van der Waals surface area (Å²) in [7, 11) is -4.06. The summed E-state index contributed by atoms with van der Waals surface area (Å²) in [6, 6.07) is 6.14. The number of carbonyl (C=O) groups is 1. The molecule has 0 aliphatic carbocycles. The van der Waals surface area contributed by atoms with Gasteiger partial charge in [-0.15, -0.1) is 0 Å². The van der Waals surface area contributed by atoms with Crippen LogP contribution >= 0.6 is 11.6 Å². The molecule has 7 nitrogen and oxygen atoms in total. The number of aromatic nitrogens is 2. The zero-order chi connectivity index (χ0) is 15.6.